The van der Waals surface area contributed by atoms with E-state index in [2.05, 4.69) is 24.3 Å². The number of para-hydroxylation sites is 1. The molecule has 0 radical (unpaired) electrons. The predicted molar refractivity (Wildman–Crippen MR) is 116 cm³/mol. The number of urea groups is 1. The van der Waals surface area contributed by atoms with Crippen molar-refractivity contribution < 1.29 is 15.0 Å². The number of carbonyl (C=O) groups is 1. The Balaban J connectivity index is 1.78. The summed E-state index contributed by atoms with van der Waals surface area (Å²) in [6.07, 6.45) is 6.51. The average Bonchev–Trinajstić information content (AvgIpc) is 2.78. The highest BCUT2D eigenvalue weighted by Crippen LogP contribution is 2.32. The first-order valence-electron chi connectivity index (χ1n) is 10.6. The van der Waals surface area contributed by atoms with Crippen molar-refractivity contribution in [3.63, 3.8) is 0 Å². The standard InChI is InChI=1S/C24H32N2O3/c27-17-15-25(16-18-28)24(29)26(23-9-5-2-6-10-23)19-20-11-13-22(14-12-20)21-7-3-1-4-8-21/h2,5-6,9-14,21,27-28H,1,3-4,7-8,15-19H2. The van der Waals surface area contributed by atoms with E-state index in [1.165, 1.54) is 42.6 Å². The maximum absolute atomic E-state index is 13.2. The van der Waals surface area contributed by atoms with Gasteiger partial charge in [0.25, 0.3) is 0 Å². The van der Waals surface area contributed by atoms with Crippen LogP contribution in [0.25, 0.3) is 0 Å². The summed E-state index contributed by atoms with van der Waals surface area (Å²) in [6, 6.07) is 18.0. The lowest BCUT2D eigenvalue weighted by atomic mass is 9.84. The van der Waals surface area contributed by atoms with Crippen LogP contribution < -0.4 is 4.90 Å². The Bertz CT molecular complexity index is 736. The molecule has 2 aromatic rings. The van der Waals surface area contributed by atoms with Crippen LogP contribution in [0.5, 0.6) is 0 Å². The van der Waals surface area contributed by atoms with Crippen molar-refractivity contribution in [2.24, 2.45) is 0 Å². The van der Waals surface area contributed by atoms with Crippen LogP contribution in [0.2, 0.25) is 0 Å². The first kappa shape index (κ1) is 21.3. The van der Waals surface area contributed by atoms with Crippen molar-refractivity contribution in [2.45, 2.75) is 44.6 Å². The van der Waals surface area contributed by atoms with Gasteiger partial charge in [-0.2, -0.15) is 0 Å². The van der Waals surface area contributed by atoms with Gasteiger partial charge in [0.1, 0.15) is 0 Å². The summed E-state index contributed by atoms with van der Waals surface area (Å²) < 4.78 is 0. The van der Waals surface area contributed by atoms with E-state index < -0.39 is 0 Å². The van der Waals surface area contributed by atoms with Crippen molar-refractivity contribution >= 4 is 11.7 Å². The minimum atomic E-state index is -0.212. The molecule has 0 unspecified atom stereocenters. The van der Waals surface area contributed by atoms with Gasteiger partial charge in [0, 0.05) is 18.8 Å². The van der Waals surface area contributed by atoms with E-state index in [4.69, 9.17) is 0 Å². The molecule has 2 amide bonds. The normalized spacial score (nSPS) is 14.6. The summed E-state index contributed by atoms with van der Waals surface area (Å²) in [5, 5.41) is 18.6. The molecule has 0 spiro atoms. The number of carbonyl (C=O) groups excluding carboxylic acids is 1. The Morgan fingerprint density at radius 3 is 2.07 bits per heavy atom. The van der Waals surface area contributed by atoms with E-state index in [-0.39, 0.29) is 32.3 Å². The van der Waals surface area contributed by atoms with Gasteiger partial charge in [0.05, 0.1) is 19.8 Å². The molecule has 2 aromatic carbocycles. The van der Waals surface area contributed by atoms with Gasteiger partial charge in [-0.25, -0.2) is 4.79 Å². The first-order valence-corrected chi connectivity index (χ1v) is 10.6. The number of hydrogen-bond donors (Lipinski definition) is 2. The first-order chi connectivity index (χ1) is 14.2. The van der Waals surface area contributed by atoms with Gasteiger partial charge in [-0.05, 0) is 42.0 Å². The SMILES string of the molecule is O=C(N(CCO)CCO)N(Cc1ccc(C2CCCCC2)cc1)c1ccccc1. The van der Waals surface area contributed by atoms with Crippen molar-refractivity contribution in [3.8, 4) is 0 Å². The molecule has 3 rings (SSSR count). The third-order valence-corrected chi connectivity index (χ3v) is 5.71. The summed E-state index contributed by atoms with van der Waals surface area (Å²) in [7, 11) is 0. The number of aliphatic hydroxyl groups excluding tert-OH is 2. The monoisotopic (exact) mass is 396 g/mol. The van der Waals surface area contributed by atoms with Crippen LogP contribution in [0.4, 0.5) is 10.5 Å². The molecule has 2 N–H and O–H groups in total. The Morgan fingerprint density at radius 2 is 1.48 bits per heavy atom. The quantitative estimate of drug-likeness (QED) is 0.705. The number of rotatable bonds is 8. The maximum atomic E-state index is 13.2. The van der Waals surface area contributed by atoms with Crippen LogP contribution >= 0.6 is 0 Å². The van der Waals surface area contributed by atoms with Crippen molar-refractivity contribution in [1.82, 2.24) is 4.90 Å². The third-order valence-electron chi connectivity index (χ3n) is 5.71. The highest BCUT2D eigenvalue weighted by molar-refractivity contribution is 5.92. The third kappa shape index (κ3) is 5.81. The van der Waals surface area contributed by atoms with Gasteiger partial charge in [-0.15, -0.1) is 0 Å². The molecule has 1 aliphatic carbocycles. The summed E-state index contributed by atoms with van der Waals surface area (Å²) >= 11 is 0. The zero-order valence-corrected chi connectivity index (χ0v) is 17.0. The van der Waals surface area contributed by atoms with Crippen molar-refractivity contribution in [1.29, 1.82) is 0 Å². The minimum absolute atomic E-state index is 0.134. The molecule has 5 heteroatoms. The van der Waals surface area contributed by atoms with Crippen molar-refractivity contribution in [3.05, 3.63) is 65.7 Å². The van der Waals surface area contributed by atoms with E-state index in [0.717, 1.165) is 11.3 Å². The lowest BCUT2D eigenvalue weighted by molar-refractivity contribution is 0.162. The maximum Gasteiger partial charge on any atom is 0.324 e. The molecule has 29 heavy (non-hydrogen) atoms. The van der Waals surface area contributed by atoms with Gasteiger partial charge < -0.3 is 15.1 Å². The fourth-order valence-electron chi connectivity index (χ4n) is 4.11. The summed E-state index contributed by atoms with van der Waals surface area (Å²) in [6.45, 7) is 0.572. The average molecular weight is 397 g/mol. The molecule has 0 aliphatic heterocycles. The lowest BCUT2D eigenvalue weighted by Crippen LogP contribution is -2.45. The fraction of sp³-hybridized carbons (Fsp3) is 0.458. The minimum Gasteiger partial charge on any atom is -0.395 e. The van der Waals surface area contributed by atoms with E-state index in [1.807, 2.05) is 30.3 Å². The molecule has 156 valence electrons. The van der Waals surface area contributed by atoms with Crippen LogP contribution in [0.15, 0.2) is 54.6 Å². The molecule has 0 bridgehead atoms. The molecule has 0 heterocycles. The molecule has 1 aliphatic rings. The second-order valence-corrected chi connectivity index (χ2v) is 7.72. The fourth-order valence-corrected chi connectivity index (χ4v) is 4.11. The summed E-state index contributed by atoms with van der Waals surface area (Å²) in [5.74, 6) is 0.661. The predicted octanol–water partition coefficient (Wildman–Crippen LogP) is 4.15. The molecule has 0 aromatic heterocycles. The number of benzene rings is 2. The van der Waals surface area contributed by atoms with E-state index in [1.54, 1.807) is 4.90 Å². The molecular weight excluding hydrogens is 364 g/mol. The zero-order valence-electron chi connectivity index (χ0n) is 17.0. The number of amides is 2. The zero-order chi connectivity index (χ0) is 20.5. The number of hydrogen-bond acceptors (Lipinski definition) is 3. The van der Waals surface area contributed by atoms with Gasteiger partial charge in [-0.1, -0.05) is 61.7 Å². The molecule has 0 saturated heterocycles. The molecule has 5 nitrogen and oxygen atoms in total. The van der Waals surface area contributed by atoms with Crippen LogP contribution in [0, 0.1) is 0 Å². The highest BCUT2D eigenvalue weighted by atomic mass is 16.3. The Kier molecular flexibility index (Phi) is 8.08. The van der Waals surface area contributed by atoms with Crippen LogP contribution in [0.1, 0.15) is 49.1 Å². The van der Waals surface area contributed by atoms with Gasteiger partial charge in [0.2, 0.25) is 0 Å². The van der Waals surface area contributed by atoms with Gasteiger partial charge >= 0.3 is 6.03 Å². The van der Waals surface area contributed by atoms with Gasteiger partial charge in [-0.3, -0.25) is 4.90 Å². The van der Waals surface area contributed by atoms with E-state index in [9.17, 15) is 15.0 Å². The number of anilines is 1. The highest BCUT2D eigenvalue weighted by Gasteiger charge is 2.22. The molecule has 1 fully saturated rings. The number of nitrogens with zero attached hydrogens (tertiary/aromatic N) is 2. The molecule has 1 saturated carbocycles. The summed E-state index contributed by atoms with van der Waals surface area (Å²) in [4.78, 5) is 16.4. The smallest absolute Gasteiger partial charge is 0.324 e. The van der Waals surface area contributed by atoms with Crippen LogP contribution in [-0.4, -0.2) is 47.4 Å². The largest absolute Gasteiger partial charge is 0.395 e. The molecule has 0 atom stereocenters. The van der Waals surface area contributed by atoms with E-state index >= 15 is 0 Å². The van der Waals surface area contributed by atoms with E-state index in [0.29, 0.717) is 12.5 Å². The Morgan fingerprint density at radius 1 is 0.862 bits per heavy atom. The Labute approximate surface area is 173 Å². The van der Waals surface area contributed by atoms with Gasteiger partial charge in [0.15, 0.2) is 0 Å². The van der Waals surface area contributed by atoms with Crippen LogP contribution in [-0.2, 0) is 6.54 Å². The molecular formula is C24H32N2O3. The van der Waals surface area contributed by atoms with Crippen molar-refractivity contribution in [2.75, 3.05) is 31.2 Å². The number of aliphatic hydroxyl groups is 2. The van der Waals surface area contributed by atoms with Crippen LogP contribution in [0.3, 0.4) is 0 Å². The summed E-state index contributed by atoms with van der Waals surface area (Å²) in [5.41, 5.74) is 3.26. The topological polar surface area (TPSA) is 64.0 Å². The second kappa shape index (κ2) is 11.0. The lowest BCUT2D eigenvalue weighted by Gasteiger charge is -2.30. The Hall–Kier alpha value is -2.37. The second-order valence-electron chi connectivity index (χ2n) is 7.72.